The summed E-state index contributed by atoms with van der Waals surface area (Å²) in [6, 6.07) is 19.1. The number of carbonyl (C=O) groups is 2. The Morgan fingerprint density at radius 3 is 1.87 bits per heavy atom. The molecule has 3 amide bonds. The molecule has 2 atom stereocenters. The van der Waals surface area contributed by atoms with Crippen LogP contribution in [0.1, 0.15) is 72.9 Å². The number of nitrogens with zero attached hydrogens (tertiary/aromatic N) is 2. The Labute approximate surface area is 229 Å². The third-order valence-corrected chi connectivity index (χ3v) is 5.68. The second-order valence-electron chi connectivity index (χ2n) is 12.3. The van der Waals surface area contributed by atoms with Crippen LogP contribution in [0.5, 0.6) is 0 Å². The van der Waals surface area contributed by atoms with Crippen LogP contribution in [0.3, 0.4) is 0 Å². The molecule has 7 heteroatoms. The lowest BCUT2D eigenvalue weighted by molar-refractivity contribution is -0.0532. The van der Waals surface area contributed by atoms with E-state index in [1.807, 2.05) is 116 Å². The van der Waals surface area contributed by atoms with E-state index >= 15 is 0 Å². The van der Waals surface area contributed by atoms with Gasteiger partial charge in [-0.25, -0.2) is 9.59 Å². The zero-order valence-corrected chi connectivity index (χ0v) is 24.4. The van der Waals surface area contributed by atoms with Crippen molar-refractivity contribution in [2.24, 2.45) is 5.92 Å². The summed E-state index contributed by atoms with van der Waals surface area (Å²) in [6.45, 7) is 15.7. The number of carbonyl (C=O) groups excluding carboxylic acids is 2. The number of amides is 3. The molecule has 0 bridgehead atoms. The molecule has 0 saturated carbocycles. The number of hydrogen-bond acceptors (Lipinski definition) is 4. The number of aliphatic hydroxyl groups excluding tert-OH is 1. The number of rotatable bonds is 10. The number of aliphatic hydroxyl groups is 1. The first-order valence-electron chi connectivity index (χ1n) is 13.5. The van der Waals surface area contributed by atoms with Crippen LogP contribution in [0.2, 0.25) is 0 Å². The standard InChI is InChI=1S/C31H47N3O4/c1-23(2)21-33(28(36)32-30(3,4)5)27(26(35)20-19-24-15-11-9-12-16-24)34(29(37)38-31(6,7)8)22-25-17-13-10-14-18-25/h9-18,23,26-27,35H,19-22H2,1-8H3,(H,32,36)/t26-,27?/m1/s1. The van der Waals surface area contributed by atoms with Gasteiger partial charge in [0.15, 0.2) is 0 Å². The summed E-state index contributed by atoms with van der Waals surface area (Å²) in [7, 11) is 0. The van der Waals surface area contributed by atoms with Crippen molar-refractivity contribution in [2.75, 3.05) is 6.54 Å². The van der Waals surface area contributed by atoms with Crippen LogP contribution in [0.4, 0.5) is 9.59 Å². The van der Waals surface area contributed by atoms with Crippen molar-refractivity contribution in [1.29, 1.82) is 0 Å². The molecule has 38 heavy (non-hydrogen) atoms. The SMILES string of the molecule is CC(C)CN(C(=O)NC(C)(C)C)C([C@H](O)CCc1ccccc1)N(Cc1ccccc1)C(=O)OC(C)(C)C. The van der Waals surface area contributed by atoms with Crippen LogP contribution in [0, 0.1) is 5.92 Å². The average molecular weight is 526 g/mol. The topological polar surface area (TPSA) is 82.1 Å². The second-order valence-corrected chi connectivity index (χ2v) is 12.3. The third kappa shape index (κ3) is 10.7. The fraction of sp³-hybridized carbons (Fsp3) is 0.548. The molecular weight excluding hydrogens is 478 g/mol. The van der Waals surface area contributed by atoms with Gasteiger partial charge in [0, 0.05) is 12.1 Å². The van der Waals surface area contributed by atoms with Gasteiger partial charge in [0.25, 0.3) is 0 Å². The highest BCUT2D eigenvalue weighted by Gasteiger charge is 2.40. The van der Waals surface area contributed by atoms with E-state index in [-0.39, 0.29) is 18.5 Å². The first-order chi connectivity index (χ1) is 17.7. The molecule has 2 aromatic carbocycles. The van der Waals surface area contributed by atoms with Crippen LogP contribution in [0.25, 0.3) is 0 Å². The van der Waals surface area contributed by atoms with Crippen molar-refractivity contribution in [2.45, 2.75) is 98.2 Å². The maximum absolute atomic E-state index is 13.7. The molecule has 0 aliphatic rings. The van der Waals surface area contributed by atoms with E-state index in [1.54, 1.807) is 4.90 Å². The van der Waals surface area contributed by atoms with Crippen molar-refractivity contribution in [3.63, 3.8) is 0 Å². The summed E-state index contributed by atoms with van der Waals surface area (Å²) in [5.74, 6) is 0.0988. The zero-order chi connectivity index (χ0) is 28.5. The largest absolute Gasteiger partial charge is 0.444 e. The molecule has 0 spiro atoms. The predicted octanol–water partition coefficient (Wildman–Crippen LogP) is 6.21. The van der Waals surface area contributed by atoms with Gasteiger partial charge in [-0.2, -0.15) is 0 Å². The van der Waals surface area contributed by atoms with E-state index in [4.69, 9.17) is 4.74 Å². The van der Waals surface area contributed by atoms with Crippen LogP contribution < -0.4 is 5.32 Å². The van der Waals surface area contributed by atoms with E-state index in [0.29, 0.717) is 19.4 Å². The minimum atomic E-state index is -1.02. The fourth-order valence-electron chi connectivity index (χ4n) is 4.16. The van der Waals surface area contributed by atoms with Crippen molar-refractivity contribution in [3.8, 4) is 0 Å². The molecule has 1 unspecified atom stereocenters. The number of benzene rings is 2. The molecule has 0 heterocycles. The van der Waals surface area contributed by atoms with E-state index in [0.717, 1.165) is 11.1 Å². The molecule has 2 aromatic rings. The quantitative estimate of drug-likeness (QED) is 0.361. The molecule has 0 aromatic heterocycles. The molecule has 7 nitrogen and oxygen atoms in total. The van der Waals surface area contributed by atoms with E-state index < -0.39 is 29.5 Å². The van der Waals surface area contributed by atoms with Crippen LogP contribution in [-0.2, 0) is 17.7 Å². The minimum Gasteiger partial charge on any atom is -0.444 e. The fourth-order valence-corrected chi connectivity index (χ4v) is 4.16. The summed E-state index contributed by atoms with van der Waals surface area (Å²) < 4.78 is 5.82. The molecule has 0 aliphatic carbocycles. The normalized spacial score (nSPS) is 13.5. The van der Waals surface area contributed by atoms with Gasteiger partial charge in [-0.05, 0) is 71.4 Å². The maximum atomic E-state index is 13.7. The first kappa shape index (κ1) is 31.2. The van der Waals surface area contributed by atoms with Crippen LogP contribution >= 0.6 is 0 Å². The van der Waals surface area contributed by atoms with E-state index in [2.05, 4.69) is 5.32 Å². The maximum Gasteiger partial charge on any atom is 0.412 e. The smallest absolute Gasteiger partial charge is 0.412 e. The van der Waals surface area contributed by atoms with E-state index in [9.17, 15) is 14.7 Å². The Morgan fingerprint density at radius 1 is 0.868 bits per heavy atom. The number of nitrogens with one attached hydrogen (secondary N) is 1. The molecule has 0 aliphatic heterocycles. The van der Waals surface area contributed by atoms with Gasteiger partial charge in [-0.1, -0.05) is 74.5 Å². The number of aryl methyl sites for hydroxylation is 1. The van der Waals surface area contributed by atoms with Gasteiger partial charge >= 0.3 is 12.1 Å². The summed E-state index contributed by atoms with van der Waals surface area (Å²) in [5, 5.41) is 14.8. The molecule has 0 saturated heterocycles. The number of hydrogen-bond donors (Lipinski definition) is 2. The lowest BCUT2D eigenvalue weighted by Gasteiger charge is -2.44. The van der Waals surface area contributed by atoms with Gasteiger partial charge in [0.1, 0.15) is 11.8 Å². The average Bonchev–Trinajstić information content (AvgIpc) is 2.80. The van der Waals surface area contributed by atoms with Gasteiger partial charge < -0.3 is 20.1 Å². The van der Waals surface area contributed by atoms with Gasteiger partial charge in [0.05, 0.1) is 12.6 Å². The zero-order valence-electron chi connectivity index (χ0n) is 24.4. The van der Waals surface area contributed by atoms with Crippen molar-refractivity contribution in [1.82, 2.24) is 15.1 Å². The monoisotopic (exact) mass is 525 g/mol. The van der Waals surface area contributed by atoms with Gasteiger partial charge in [-0.15, -0.1) is 0 Å². The molecule has 2 rings (SSSR count). The molecule has 2 N–H and O–H groups in total. The Balaban J connectivity index is 2.57. The van der Waals surface area contributed by atoms with Gasteiger partial charge in [0.2, 0.25) is 0 Å². The molecule has 0 fully saturated rings. The molecular formula is C31H47N3O4. The Morgan fingerprint density at radius 2 is 1.39 bits per heavy atom. The van der Waals surface area contributed by atoms with Crippen molar-refractivity contribution >= 4 is 12.1 Å². The Kier molecular flexibility index (Phi) is 11.2. The highest BCUT2D eigenvalue weighted by Crippen LogP contribution is 2.24. The summed E-state index contributed by atoms with van der Waals surface area (Å²) in [5.41, 5.74) is 0.704. The second kappa shape index (κ2) is 13.7. The third-order valence-electron chi connectivity index (χ3n) is 5.68. The Bertz CT molecular complexity index is 997. The lowest BCUT2D eigenvalue weighted by Crippen LogP contribution is -2.63. The highest BCUT2D eigenvalue weighted by molar-refractivity contribution is 5.76. The predicted molar refractivity (Wildman–Crippen MR) is 153 cm³/mol. The van der Waals surface area contributed by atoms with Crippen LogP contribution in [0.15, 0.2) is 60.7 Å². The van der Waals surface area contributed by atoms with Crippen LogP contribution in [-0.4, -0.2) is 57.0 Å². The lowest BCUT2D eigenvalue weighted by atomic mass is 10.0. The molecule has 210 valence electrons. The number of ether oxygens (including phenoxy) is 1. The van der Waals surface area contributed by atoms with Crippen molar-refractivity contribution in [3.05, 3.63) is 71.8 Å². The summed E-state index contributed by atoms with van der Waals surface area (Å²) >= 11 is 0. The Hall–Kier alpha value is -3.06. The highest BCUT2D eigenvalue weighted by atomic mass is 16.6. The van der Waals surface area contributed by atoms with Gasteiger partial charge in [-0.3, -0.25) is 4.90 Å². The first-order valence-corrected chi connectivity index (χ1v) is 13.5. The van der Waals surface area contributed by atoms with Crippen molar-refractivity contribution < 1.29 is 19.4 Å². The summed E-state index contributed by atoms with van der Waals surface area (Å²) in [4.78, 5) is 30.5. The minimum absolute atomic E-state index is 0.0988. The summed E-state index contributed by atoms with van der Waals surface area (Å²) in [6.07, 6.45) is -1.58. The van der Waals surface area contributed by atoms with E-state index in [1.165, 1.54) is 4.90 Å². The molecule has 0 radical (unpaired) electrons. The number of urea groups is 1.